The molecule has 5 rings (SSSR count). The van der Waals surface area contributed by atoms with Gasteiger partial charge in [0.2, 0.25) is 5.91 Å². The summed E-state index contributed by atoms with van der Waals surface area (Å²) in [5.74, 6) is -0.104. The zero-order chi connectivity index (χ0) is 23.5. The monoisotopic (exact) mass is 468 g/mol. The number of amides is 2. The first-order chi connectivity index (χ1) is 16.6. The fourth-order valence-electron chi connectivity index (χ4n) is 4.51. The topological polar surface area (TPSA) is 89.0 Å². The molecule has 4 aromatic rings. The van der Waals surface area contributed by atoms with E-state index in [9.17, 15) is 14.9 Å². The second-order valence-electron chi connectivity index (χ2n) is 8.42. The number of hydrogen-bond donors (Lipinski definition) is 2. The predicted molar refractivity (Wildman–Crippen MR) is 134 cm³/mol. The van der Waals surface area contributed by atoms with Crippen LogP contribution in [0, 0.1) is 11.3 Å². The van der Waals surface area contributed by atoms with Gasteiger partial charge in [-0.15, -0.1) is 11.3 Å². The maximum absolute atomic E-state index is 12.9. The number of aryl methyl sites for hydroxylation is 1. The van der Waals surface area contributed by atoms with Crippen molar-refractivity contribution in [2.45, 2.75) is 32.2 Å². The van der Waals surface area contributed by atoms with E-state index in [2.05, 4.69) is 28.5 Å². The van der Waals surface area contributed by atoms with Gasteiger partial charge in [0, 0.05) is 40.5 Å². The molecule has 0 saturated heterocycles. The van der Waals surface area contributed by atoms with E-state index >= 15 is 0 Å². The van der Waals surface area contributed by atoms with E-state index in [0.29, 0.717) is 42.1 Å². The van der Waals surface area contributed by atoms with Gasteiger partial charge in [0.15, 0.2) is 0 Å². The van der Waals surface area contributed by atoms with Gasteiger partial charge in [-0.05, 0) is 48.6 Å². The third-order valence-electron chi connectivity index (χ3n) is 6.30. The molecule has 0 atom stereocenters. The Morgan fingerprint density at radius 3 is 2.74 bits per heavy atom. The molecule has 6 nitrogen and oxygen atoms in total. The molecule has 0 fully saturated rings. The fourth-order valence-corrected chi connectivity index (χ4v) is 5.72. The molecule has 2 aromatic heterocycles. The van der Waals surface area contributed by atoms with Crippen LogP contribution in [0.2, 0.25) is 0 Å². The maximum Gasteiger partial charge on any atom is 0.256 e. The standard InChI is InChI=1S/C27H24N4O2S/c28-15-22-21-13-14-31(17-24(21)34-27(22)30-26(33)18-7-2-1-3-8-18)25(32)12-6-9-19-16-29-23-11-5-4-10-20(19)23/h1-5,7-8,10-11,16,29H,6,9,12-14,17H2,(H,30,33). The second-order valence-corrected chi connectivity index (χ2v) is 9.52. The van der Waals surface area contributed by atoms with Gasteiger partial charge in [-0.25, -0.2) is 0 Å². The second kappa shape index (κ2) is 9.54. The highest BCUT2D eigenvalue weighted by Crippen LogP contribution is 2.37. The molecule has 3 heterocycles. The number of nitrogens with zero attached hydrogens (tertiary/aromatic N) is 2. The summed E-state index contributed by atoms with van der Waals surface area (Å²) in [7, 11) is 0. The van der Waals surface area contributed by atoms with Gasteiger partial charge in [0.1, 0.15) is 11.1 Å². The van der Waals surface area contributed by atoms with Gasteiger partial charge in [-0.2, -0.15) is 5.26 Å². The summed E-state index contributed by atoms with van der Waals surface area (Å²) in [4.78, 5) is 31.6. The molecule has 34 heavy (non-hydrogen) atoms. The van der Waals surface area contributed by atoms with E-state index in [1.165, 1.54) is 22.3 Å². The van der Waals surface area contributed by atoms with Crippen molar-refractivity contribution in [1.82, 2.24) is 9.88 Å². The van der Waals surface area contributed by atoms with Gasteiger partial charge in [0.25, 0.3) is 5.91 Å². The minimum absolute atomic E-state index is 0.132. The van der Waals surface area contributed by atoms with Crippen LogP contribution in [-0.2, 0) is 24.2 Å². The molecule has 2 aromatic carbocycles. The lowest BCUT2D eigenvalue weighted by atomic mass is 10.0. The summed E-state index contributed by atoms with van der Waals surface area (Å²) >= 11 is 1.40. The Kier molecular flexibility index (Phi) is 6.15. The van der Waals surface area contributed by atoms with Crippen molar-refractivity contribution in [1.29, 1.82) is 5.26 Å². The lowest BCUT2D eigenvalue weighted by Crippen LogP contribution is -2.35. The Balaban J connectivity index is 1.22. The third-order valence-corrected chi connectivity index (χ3v) is 7.43. The number of nitrogens with one attached hydrogen (secondary N) is 2. The number of rotatable bonds is 6. The van der Waals surface area contributed by atoms with Crippen molar-refractivity contribution in [2.24, 2.45) is 0 Å². The van der Waals surface area contributed by atoms with Gasteiger partial charge < -0.3 is 15.2 Å². The first-order valence-corrected chi connectivity index (χ1v) is 12.2. The SMILES string of the molecule is N#Cc1c(NC(=O)c2ccccc2)sc2c1CCN(C(=O)CCCc1c[nH]c3ccccc13)C2. The van der Waals surface area contributed by atoms with Crippen molar-refractivity contribution in [3.05, 3.63) is 87.9 Å². The van der Waals surface area contributed by atoms with Crippen LogP contribution in [0.15, 0.2) is 60.8 Å². The van der Waals surface area contributed by atoms with Crippen molar-refractivity contribution in [3.63, 3.8) is 0 Å². The van der Waals surface area contributed by atoms with Crippen LogP contribution in [0.1, 0.15) is 44.8 Å². The van der Waals surface area contributed by atoms with E-state index in [-0.39, 0.29) is 11.8 Å². The van der Waals surface area contributed by atoms with Crippen LogP contribution in [-0.4, -0.2) is 28.2 Å². The Hall–Kier alpha value is -3.89. The summed E-state index contributed by atoms with van der Waals surface area (Å²) in [6, 6.07) is 19.4. The Labute approximate surface area is 201 Å². The molecule has 2 N–H and O–H groups in total. The minimum Gasteiger partial charge on any atom is -0.361 e. The van der Waals surface area contributed by atoms with Crippen molar-refractivity contribution < 1.29 is 9.59 Å². The molecule has 0 aliphatic carbocycles. The van der Waals surface area contributed by atoms with Gasteiger partial charge in [-0.1, -0.05) is 36.4 Å². The van der Waals surface area contributed by atoms with E-state index in [1.54, 1.807) is 12.1 Å². The van der Waals surface area contributed by atoms with Gasteiger partial charge in [-0.3, -0.25) is 9.59 Å². The number of aromatic amines is 1. The van der Waals surface area contributed by atoms with Crippen molar-refractivity contribution >= 4 is 39.1 Å². The number of benzene rings is 2. The van der Waals surface area contributed by atoms with Crippen molar-refractivity contribution in [2.75, 3.05) is 11.9 Å². The van der Waals surface area contributed by atoms with Crippen LogP contribution in [0.25, 0.3) is 10.9 Å². The zero-order valence-electron chi connectivity index (χ0n) is 18.6. The molecule has 0 spiro atoms. The number of carbonyl (C=O) groups excluding carboxylic acids is 2. The van der Waals surface area contributed by atoms with Crippen LogP contribution < -0.4 is 5.32 Å². The van der Waals surface area contributed by atoms with E-state index < -0.39 is 0 Å². The number of fused-ring (bicyclic) bond motifs is 2. The summed E-state index contributed by atoms with van der Waals surface area (Å²) in [5.41, 5.74) is 4.38. The molecule has 7 heteroatoms. The predicted octanol–water partition coefficient (Wildman–Crippen LogP) is 5.26. The summed E-state index contributed by atoms with van der Waals surface area (Å²) in [5, 5.41) is 14.4. The van der Waals surface area contributed by atoms with Crippen LogP contribution in [0.3, 0.4) is 0 Å². The number of nitriles is 1. The number of aromatic nitrogens is 1. The third kappa shape index (κ3) is 4.33. The molecule has 0 radical (unpaired) electrons. The average Bonchev–Trinajstić information content (AvgIpc) is 3.44. The fraction of sp³-hybridized carbons (Fsp3) is 0.222. The van der Waals surface area contributed by atoms with E-state index in [4.69, 9.17) is 0 Å². The Bertz CT molecular complexity index is 1400. The summed E-state index contributed by atoms with van der Waals surface area (Å²) < 4.78 is 0. The van der Waals surface area contributed by atoms with E-state index in [0.717, 1.165) is 28.8 Å². The number of anilines is 1. The van der Waals surface area contributed by atoms with Crippen LogP contribution in [0.5, 0.6) is 0 Å². The molecule has 170 valence electrons. The van der Waals surface area contributed by atoms with Crippen LogP contribution in [0.4, 0.5) is 5.00 Å². The number of hydrogen-bond acceptors (Lipinski definition) is 4. The maximum atomic E-state index is 12.9. The first kappa shape index (κ1) is 21.9. The molecule has 0 unspecified atom stereocenters. The zero-order valence-corrected chi connectivity index (χ0v) is 19.5. The normalized spacial score (nSPS) is 12.9. The highest BCUT2D eigenvalue weighted by Gasteiger charge is 2.27. The molecule has 2 amide bonds. The van der Waals surface area contributed by atoms with Gasteiger partial charge >= 0.3 is 0 Å². The molecular formula is C27H24N4O2S. The number of para-hydroxylation sites is 1. The lowest BCUT2D eigenvalue weighted by Gasteiger charge is -2.27. The van der Waals surface area contributed by atoms with Crippen molar-refractivity contribution in [3.8, 4) is 6.07 Å². The van der Waals surface area contributed by atoms with Crippen LogP contribution >= 0.6 is 11.3 Å². The first-order valence-electron chi connectivity index (χ1n) is 11.4. The molecular weight excluding hydrogens is 444 g/mol. The summed E-state index contributed by atoms with van der Waals surface area (Å²) in [6.45, 7) is 1.08. The minimum atomic E-state index is -0.235. The molecule has 1 aliphatic heterocycles. The average molecular weight is 469 g/mol. The smallest absolute Gasteiger partial charge is 0.256 e. The largest absolute Gasteiger partial charge is 0.361 e. The highest BCUT2D eigenvalue weighted by molar-refractivity contribution is 7.16. The number of carbonyl (C=O) groups is 2. The molecule has 1 aliphatic rings. The molecule has 0 bridgehead atoms. The quantitative estimate of drug-likeness (QED) is 0.404. The number of H-pyrrole nitrogens is 1. The summed E-state index contributed by atoms with van der Waals surface area (Å²) in [6.07, 6.45) is 4.79. The Morgan fingerprint density at radius 1 is 1.12 bits per heavy atom. The molecule has 0 saturated carbocycles. The highest BCUT2D eigenvalue weighted by atomic mass is 32.1. The van der Waals surface area contributed by atoms with E-state index in [1.807, 2.05) is 41.4 Å². The Morgan fingerprint density at radius 2 is 1.91 bits per heavy atom. The lowest BCUT2D eigenvalue weighted by molar-refractivity contribution is -0.132. The van der Waals surface area contributed by atoms with Gasteiger partial charge in [0.05, 0.1) is 12.1 Å². The number of thiophene rings is 1.